The van der Waals surface area contributed by atoms with Crippen molar-refractivity contribution in [3.05, 3.63) is 29.8 Å². The van der Waals surface area contributed by atoms with Gasteiger partial charge in [0.15, 0.2) is 0 Å². The van der Waals surface area contributed by atoms with Crippen LogP contribution in [0.2, 0.25) is 0 Å². The summed E-state index contributed by atoms with van der Waals surface area (Å²) in [7, 11) is -3.26. The van der Waals surface area contributed by atoms with E-state index >= 15 is 0 Å². The summed E-state index contributed by atoms with van der Waals surface area (Å²) in [5.41, 5.74) is 1.89. The van der Waals surface area contributed by atoms with E-state index < -0.39 is 10.0 Å². The lowest BCUT2D eigenvalue weighted by molar-refractivity contribution is 0.590. The van der Waals surface area contributed by atoms with E-state index in [1.54, 1.807) is 0 Å². The quantitative estimate of drug-likeness (QED) is 0.848. The smallest absolute Gasteiger partial charge is 0.233 e. The molecule has 0 aromatic heterocycles. The van der Waals surface area contributed by atoms with E-state index in [0.717, 1.165) is 0 Å². The molecular weight excluding hydrogens is 272 g/mol. The van der Waals surface area contributed by atoms with Crippen molar-refractivity contribution in [2.75, 3.05) is 17.0 Å². The third-order valence-corrected chi connectivity index (χ3v) is 4.69. The number of hydrogen-bond acceptors (Lipinski definition) is 3. The summed E-state index contributed by atoms with van der Waals surface area (Å²) in [6.45, 7) is 6.92. The van der Waals surface area contributed by atoms with E-state index in [0.29, 0.717) is 18.3 Å². The summed E-state index contributed by atoms with van der Waals surface area (Å²) in [4.78, 5) is 0. The van der Waals surface area contributed by atoms with Gasteiger partial charge in [-0.2, -0.15) is 0 Å². The van der Waals surface area contributed by atoms with Gasteiger partial charge in [-0.05, 0) is 36.0 Å². The Morgan fingerprint density at radius 3 is 2.25 bits per heavy atom. The molecule has 0 amide bonds. The zero-order chi connectivity index (χ0) is 14.8. The number of benzene rings is 1. The molecule has 112 valence electrons. The van der Waals surface area contributed by atoms with Crippen LogP contribution in [0, 0.1) is 0 Å². The first-order chi connectivity index (χ1) is 9.26. The van der Waals surface area contributed by atoms with E-state index in [9.17, 15) is 8.42 Å². The maximum Gasteiger partial charge on any atom is 0.233 e. The van der Waals surface area contributed by atoms with Crippen LogP contribution in [-0.4, -0.2) is 26.8 Å². The Bertz CT molecular complexity index is 540. The largest absolute Gasteiger partial charge is 0.313 e. The Balaban J connectivity index is 1.90. The highest BCUT2D eigenvalue weighted by Gasteiger charge is 2.21. The molecule has 5 heteroatoms. The number of rotatable bonds is 6. The van der Waals surface area contributed by atoms with Crippen LogP contribution in [0.3, 0.4) is 0 Å². The molecule has 2 N–H and O–H groups in total. The molecule has 0 unspecified atom stereocenters. The summed E-state index contributed by atoms with van der Waals surface area (Å²) >= 11 is 0. The minimum absolute atomic E-state index is 0.0750. The molecule has 0 heterocycles. The first kappa shape index (κ1) is 15.3. The molecule has 0 radical (unpaired) electrons. The normalized spacial score (nSPS) is 16.1. The van der Waals surface area contributed by atoms with Gasteiger partial charge in [-0.15, -0.1) is 0 Å². The standard InChI is InChI=1S/C15H24N2O2S/c1-15(2,3)12-4-6-14(7-5-12)17-20(18,19)11-10-16-13-8-9-13/h4-7,13,16-17H,8-11H2,1-3H3. The topological polar surface area (TPSA) is 58.2 Å². The molecular formula is C15H24N2O2S. The number of nitrogens with one attached hydrogen (secondary N) is 2. The fourth-order valence-corrected chi connectivity index (χ4v) is 2.94. The fraction of sp³-hybridized carbons (Fsp3) is 0.600. The zero-order valence-corrected chi connectivity index (χ0v) is 13.3. The predicted octanol–water partition coefficient (Wildman–Crippen LogP) is 2.48. The van der Waals surface area contributed by atoms with Crippen molar-refractivity contribution in [3.63, 3.8) is 0 Å². The summed E-state index contributed by atoms with van der Waals surface area (Å²) in [5, 5.41) is 3.21. The first-order valence-corrected chi connectivity index (χ1v) is 8.76. The van der Waals surface area contributed by atoms with Gasteiger partial charge in [0.2, 0.25) is 10.0 Å². The fourth-order valence-electron chi connectivity index (χ4n) is 1.95. The van der Waals surface area contributed by atoms with Crippen LogP contribution in [0.15, 0.2) is 24.3 Å². The zero-order valence-electron chi connectivity index (χ0n) is 12.4. The second-order valence-corrected chi connectivity index (χ2v) is 8.32. The molecule has 1 aromatic carbocycles. The van der Waals surface area contributed by atoms with Crippen molar-refractivity contribution < 1.29 is 8.42 Å². The van der Waals surface area contributed by atoms with Crippen molar-refractivity contribution in [3.8, 4) is 0 Å². The highest BCUT2D eigenvalue weighted by Crippen LogP contribution is 2.23. The van der Waals surface area contributed by atoms with Crippen LogP contribution in [0.25, 0.3) is 0 Å². The summed E-state index contributed by atoms with van der Waals surface area (Å²) in [6.07, 6.45) is 2.34. The van der Waals surface area contributed by atoms with Crippen LogP contribution < -0.4 is 10.0 Å². The first-order valence-electron chi connectivity index (χ1n) is 7.11. The minimum atomic E-state index is -3.26. The van der Waals surface area contributed by atoms with Gasteiger partial charge in [-0.3, -0.25) is 4.72 Å². The van der Waals surface area contributed by atoms with Gasteiger partial charge in [0.25, 0.3) is 0 Å². The van der Waals surface area contributed by atoms with Crippen LogP contribution >= 0.6 is 0 Å². The minimum Gasteiger partial charge on any atom is -0.313 e. The summed E-state index contributed by atoms with van der Waals surface area (Å²) in [5.74, 6) is 0.116. The second kappa shape index (κ2) is 5.74. The van der Waals surface area contributed by atoms with E-state index in [2.05, 4.69) is 30.8 Å². The summed E-state index contributed by atoms with van der Waals surface area (Å²) < 4.78 is 26.5. The van der Waals surface area contributed by atoms with E-state index in [1.165, 1.54) is 18.4 Å². The molecule has 1 fully saturated rings. The highest BCUT2D eigenvalue weighted by molar-refractivity contribution is 7.92. The van der Waals surface area contributed by atoms with Gasteiger partial charge >= 0.3 is 0 Å². The van der Waals surface area contributed by atoms with Gasteiger partial charge in [-0.25, -0.2) is 8.42 Å². The maximum absolute atomic E-state index is 11.9. The van der Waals surface area contributed by atoms with Gasteiger partial charge in [-0.1, -0.05) is 32.9 Å². The average molecular weight is 296 g/mol. The Morgan fingerprint density at radius 2 is 1.75 bits per heavy atom. The molecule has 1 aromatic rings. The molecule has 1 aliphatic carbocycles. The van der Waals surface area contributed by atoms with Gasteiger partial charge < -0.3 is 5.32 Å². The number of sulfonamides is 1. The molecule has 0 aliphatic heterocycles. The van der Waals surface area contributed by atoms with Crippen LogP contribution in [0.5, 0.6) is 0 Å². The second-order valence-electron chi connectivity index (χ2n) is 6.48. The lowest BCUT2D eigenvalue weighted by Crippen LogP contribution is -2.28. The Labute approximate surface area is 122 Å². The van der Waals surface area contributed by atoms with E-state index in [4.69, 9.17) is 0 Å². The molecule has 1 saturated carbocycles. The lowest BCUT2D eigenvalue weighted by Gasteiger charge is -2.19. The molecule has 0 atom stereocenters. The van der Waals surface area contributed by atoms with Crippen molar-refractivity contribution >= 4 is 15.7 Å². The highest BCUT2D eigenvalue weighted by atomic mass is 32.2. The van der Waals surface area contributed by atoms with Crippen molar-refractivity contribution in [1.82, 2.24) is 5.32 Å². The van der Waals surface area contributed by atoms with Crippen molar-refractivity contribution in [2.24, 2.45) is 0 Å². The molecule has 2 rings (SSSR count). The van der Waals surface area contributed by atoms with E-state index in [-0.39, 0.29) is 11.2 Å². The maximum atomic E-state index is 11.9. The third-order valence-electron chi connectivity index (χ3n) is 3.41. The molecule has 1 aliphatic rings. The number of anilines is 1. The molecule has 4 nitrogen and oxygen atoms in total. The molecule has 0 spiro atoms. The van der Waals surface area contributed by atoms with Gasteiger partial charge in [0.1, 0.15) is 0 Å². The summed E-state index contributed by atoms with van der Waals surface area (Å²) in [6, 6.07) is 8.13. The van der Waals surface area contributed by atoms with Crippen LogP contribution in [0.4, 0.5) is 5.69 Å². The van der Waals surface area contributed by atoms with Gasteiger partial charge in [0, 0.05) is 18.3 Å². The Kier molecular flexibility index (Phi) is 4.39. The van der Waals surface area contributed by atoms with Crippen LogP contribution in [-0.2, 0) is 15.4 Å². The van der Waals surface area contributed by atoms with E-state index in [1.807, 2.05) is 24.3 Å². The number of hydrogen-bond donors (Lipinski definition) is 2. The van der Waals surface area contributed by atoms with Gasteiger partial charge in [0.05, 0.1) is 5.75 Å². The SMILES string of the molecule is CC(C)(C)c1ccc(NS(=O)(=O)CCNC2CC2)cc1. The third kappa shape index (κ3) is 4.80. The average Bonchev–Trinajstić information content (AvgIpc) is 3.11. The van der Waals surface area contributed by atoms with Crippen LogP contribution in [0.1, 0.15) is 39.2 Å². The lowest BCUT2D eigenvalue weighted by atomic mass is 9.87. The molecule has 0 saturated heterocycles. The Hall–Kier alpha value is -1.07. The van der Waals surface area contributed by atoms with Crippen molar-refractivity contribution in [1.29, 1.82) is 0 Å². The molecule has 0 bridgehead atoms. The predicted molar refractivity (Wildman–Crippen MR) is 83.6 cm³/mol. The molecule has 20 heavy (non-hydrogen) atoms. The van der Waals surface area contributed by atoms with Crippen molar-refractivity contribution in [2.45, 2.75) is 45.1 Å². The Morgan fingerprint density at radius 1 is 1.15 bits per heavy atom. The monoisotopic (exact) mass is 296 g/mol.